The van der Waals surface area contributed by atoms with Gasteiger partial charge in [0.2, 0.25) is 5.91 Å². The van der Waals surface area contributed by atoms with E-state index in [-0.39, 0.29) is 5.91 Å². The van der Waals surface area contributed by atoms with E-state index in [4.69, 9.17) is 0 Å². The third kappa shape index (κ3) is 3.25. The predicted molar refractivity (Wildman–Crippen MR) is 98.8 cm³/mol. The zero-order valence-electron chi connectivity index (χ0n) is 15.2. The highest BCUT2D eigenvalue weighted by Crippen LogP contribution is 2.44. The van der Waals surface area contributed by atoms with Gasteiger partial charge in [-0.15, -0.1) is 0 Å². The van der Waals surface area contributed by atoms with Crippen molar-refractivity contribution in [3.63, 3.8) is 0 Å². The number of hydrogen-bond donors (Lipinski definition) is 2. The lowest BCUT2D eigenvalue weighted by molar-refractivity contribution is -0.146. The molecule has 2 N–H and O–H groups in total. The number of carboxylic acids is 1. The second-order valence-electron chi connectivity index (χ2n) is 8.38. The number of piperidine rings is 1. The van der Waals surface area contributed by atoms with Gasteiger partial charge in [-0.25, -0.2) is 0 Å². The maximum absolute atomic E-state index is 12.4. The van der Waals surface area contributed by atoms with E-state index in [9.17, 15) is 14.7 Å². The Morgan fingerprint density at radius 1 is 1.12 bits per heavy atom. The minimum absolute atomic E-state index is 0.102. The third-order valence-electron chi connectivity index (χ3n) is 6.90. The van der Waals surface area contributed by atoms with Gasteiger partial charge in [-0.3, -0.25) is 14.5 Å². The molecule has 140 valence electrons. The van der Waals surface area contributed by atoms with Gasteiger partial charge in [0.25, 0.3) is 0 Å². The van der Waals surface area contributed by atoms with Gasteiger partial charge < -0.3 is 10.4 Å². The fraction of sp³-hybridized carbons (Fsp3) is 0.619. The smallest absolute Gasteiger partial charge is 0.314 e. The Hall–Kier alpha value is -1.88. The van der Waals surface area contributed by atoms with Crippen LogP contribution in [0, 0.1) is 11.8 Å². The first kappa shape index (κ1) is 17.5. The molecule has 0 unspecified atom stereocenters. The van der Waals surface area contributed by atoms with E-state index >= 15 is 0 Å². The molecule has 5 nitrogen and oxygen atoms in total. The van der Waals surface area contributed by atoms with Crippen molar-refractivity contribution in [2.24, 2.45) is 11.8 Å². The number of carbonyl (C=O) groups is 2. The average molecular weight is 356 g/mol. The molecule has 1 aromatic carbocycles. The van der Waals surface area contributed by atoms with E-state index in [2.05, 4.69) is 10.2 Å². The number of rotatable bonds is 5. The van der Waals surface area contributed by atoms with Gasteiger partial charge in [0, 0.05) is 19.1 Å². The van der Waals surface area contributed by atoms with Gasteiger partial charge in [-0.1, -0.05) is 36.8 Å². The number of likely N-dealkylation sites (tertiary alicyclic amines) is 1. The van der Waals surface area contributed by atoms with E-state index < -0.39 is 11.4 Å². The highest BCUT2D eigenvalue weighted by atomic mass is 16.4. The fourth-order valence-corrected chi connectivity index (χ4v) is 5.35. The standard InChI is InChI=1S/C21H28N2O3/c24-19(22-18-13-15-6-7-16(18)12-15)14-23-10-8-21(9-11-23,20(25)26)17-4-2-1-3-5-17/h1-5,15-16,18H,6-14H2,(H,22,24)(H,25,26)/t15-,16-,18-/m0/s1. The topological polar surface area (TPSA) is 69.6 Å². The lowest BCUT2D eigenvalue weighted by Gasteiger charge is -2.39. The summed E-state index contributed by atoms with van der Waals surface area (Å²) in [5.74, 6) is 0.852. The molecule has 1 amide bonds. The van der Waals surface area contributed by atoms with Gasteiger partial charge in [0.15, 0.2) is 0 Å². The Kier molecular flexibility index (Phi) is 4.74. The Morgan fingerprint density at radius 3 is 2.42 bits per heavy atom. The number of nitrogens with one attached hydrogen (secondary N) is 1. The molecule has 3 fully saturated rings. The largest absolute Gasteiger partial charge is 0.481 e. The first-order chi connectivity index (χ1) is 12.6. The molecule has 0 spiro atoms. The van der Waals surface area contributed by atoms with Crippen molar-refractivity contribution in [3.8, 4) is 0 Å². The van der Waals surface area contributed by atoms with Crippen molar-refractivity contribution in [3.05, 3.63) is 35.9 Å². The highest BCUT2D eigenvalue weighted by Gasteiger charge is 2.44. The number of carbonyl (C=O) groups excluding carboxylic acids is 1. The predicted octanol–water partition coefficient (Wildman–Crippen LogP) is 2.41. The maximum Gasteiger partial charge on any atom is 0.314 e. The number of hydrogen-bond acceptors (Lipinski definition) is 3. The van der Waals surface area contributed by atoms with E-state index in [1.807, 2.05) is 30.3 Å². The highest BCUT2D eigenvalue weighted by molar-refractivity contribution is 5.82. The minimum Gasteiger partial charge on any atom is -0.481 e. The van der Waals surface area contributed by atoms with Crippen LogP contribution in [0.4, 0.5) is 0 Å². The van der Waals surface area contributed by atoms with Crippen LogP contribution < -0.4 is 5.32 Å². The molecule has 0 radical (unpaired) electrons. The second-order valence-corrected chi connectivity index (χ2v) is 8.38. The van der Waals surface area contributed by atoms with Gasteiger partial charge in [-0.05, 0) is 49.5 Å². The van der Waals surface area contributed by atoms with E-state index in [1.165, 1.54) is 19.3 Å². The minimum atomic E-state index is -0.821. The number of aliphatic carboxylic acids is 1. The van der Waals surface area contributed by atoms with Gasteiger partial charge >= 0.3 is 5.97 Å². The van der Waals surface area contributed by atoms with E-state index in [0.29, 0.717) is 44.4 Å². The molecule has 1 saturated heterocycles. The lowest BCUT2D eigenvalue weighted by Crippen LogP contribution is -2.50. The Morgan fingerprint density at radius 2 is 1.85 bits per heavy atom. The monoisotopic (exact) mass is 356 g/mol. The summed E-state index contributed by atoms with van der Waals surface area (Å²) in [7, 11) is 0. The maximum atomic E-state index is 12.4. The molecule has 1 aliphatic heterocycles. The number of nitrogens with zero attached hydrogens (tertiary/aromatic N) is 1. The number of carboxylic acid groups (broad SMARTS) is 1. The van der Waals surface area contributed by atoms with Crippen molar-refractivity contribution >= 4 is 11.9 Å². The normalized spacial score (nSPS) is 30.2. The molecule has 1 heterocycles. The van der Waals surface area contributed by atoms with Crippen LogP contribution in [0.1, 0.15) is 44.1 Å². The Balaban J connectivity index is 1.33. The van der Waals surface area contributed by atoms with Crippen LogP contribution >= 0.6 is 0 Å². The number of fused-ring (bicyclic) bond motifs is 2. The Labute approximate surface area is 154 Å². The van der Waals surface area contributed by atoms with Crippen molar-refractivity contribution in [1.82, 2.24) is 10.2 Å². The van der Waals surface area contributed by atoms with Crippen molar-refractivity contribution < 1.29 is 14.7 Å². The molecule has 2 bridgehead atoms. The molecule has 4 rings (SSSR count). The molecule has 3 aliphatic rings. The third-order valence-corrected chi connectivity index (χ3v) is 6.90. The molecular weight excluding hydrogens is 328 g/mol. The summed E-state index contributed by atoms with van der Waals surface area (Å²) in [5.41, 5.74) is 0.0531. The summed E-state index contributed by atoms with van der Waals surface area (Å²) in [6.45, 7) is 1.68. The van der Waals surface area contributed by atoms with Gasteiger partial charge in [-0.2, -0.15) is 0 Å². The zero-order chi connectivity index (χ0) is 18.1. The van der Waals surface area contributed by atoms with Crippen LogP contribution in [0.15, 0.2) is 30.3 Å². The van der Waals surface area contributed by atoms with Crippen molar-refractivity contribution in [1.29, 1.82) is 0 Å². The molecule has 5 heteroatoms. The van der Waals surface area contributed by atoms with Crippen LogP contribution in [0.2, 0.25) is 0 Å². The fourth-order valence-electron chi connectivity index (χ4n) is 5.35. The van der Waals surface area contributed by atoms with Crippen LogP contribution in [0.5, 0.6) is 0 Å². The van der Waals surface area contributed by atoms with Crippen LogP contribution in [0.25, 0.3) is 0 Å². The molecule has 2 saturated carbocycles. The quantitative estimate of drug-likeness (QED) is 0.850. The number of benzene rings is 1. The first-order valence-corrected chi connectivity index (χ1v) is 9.87. The van der Waals surface area contributed by atoms with Crippen LogP contribution in [0.3, 0.4) is 0 Å². The average Bonchev–Trinajstić information content (AvgIpc) is 3.26. The van der Waals surface area contributed by atoms with Crippen molar-refractivity contribution in [2.75, 3.05) is 19.6 Å². The zero-order valence-corrected chi connectivity index (χ0v) is 15.2. The lowest BCUT2D eigenvalue weighted by atomic mass is 9.73. The molecule has 0 aromatic heterocycles. The molecule has 26 heavy (non-hydrogen) atoms. The van der Waals surface area contributed by atoms with Gasteiger partial charge in [0.05, 0.1) is 12.0 Å². The van der Waals surface area contributed by atoms with Crippen molar-refractivity contribution in [2.45, 2.75) is 50.0 Å². The van der Waals surface area contributed by atoms with Gasteiger partial charge in [0.1, 0.15) is 0 Å². The number of amides is 1. The SMILES string of the molecule is O=C(CN1CCC(C(=O)O)(c2ccccc2)CC1)N[C@H]1C[C@H]2CC[C@H]1C2. The second kappa shape index (κ2) is 7.03. The molecule has 2 aliphatic carbocycles. The molecule has 1 aromatic rings. The molecule has 3 atom stereocenters. The summed E-state index contributed by atoms with van der Waals surface area (Å²) in [6.07, 6.45) is 6.12. The molecular formula is C21H28N2O3. The Bertz CT molecular complexity index is 667. The summed E-state index contributed by atoms with van der Waals surface area (Å²) < 4.78 is 0. The van der Waals surface area contributed by atoms with Crippen LogP contribution in [-0.2, 0) is 15.0 Å². The van der Waals surface area contributed by atoms with Crippen LogP contribution in [-0.4, -0.2) is 47.6 Å². The van der Waals surface area contributed by atoms with E-state index in [0.717, 1.165) is 17.9 Å². The summed E-state index contributed by atoms with van der Waals surface area (Å²) >= 11 is 0. The summed E-state index contributed by atoms with van der Waals surface area (Å²) in [5, 5.41) is 13.1. The summed E-state index contributed by atoms with van der Waals surface area (Å²) in [4.78, 5) is 26.6. The van der Waals surface area contributed by atoms with E-state index in [1.54, 1.807) is 0 Å². The summed E-state index contributed by atoms with van der Waals surface area (Å²) in [6, 6.07) is 9.89. The first-order valence-electron chi connectivity index (χ1n) is 9.87.